The van der Waals surface area contributed by atoms with Crippen LogP contribution < -0.4 is 27.4 Å². The maximum Gasteiger partial charge on any atom is 0.326 e. The second-order valence-electron chi connectivity index (χ2n) is 8.16. The second kappa shape index (κ2) is 15.9. The Morgan fingerprint density at radius 3 is 1.85 bits per heavy atom. The zero-order valence-corrected chi connectivity index (χ0v) is 19.1. The lowest BCUT2D eigenvalue weighted by Gasteiger charge is -2.24. The lowest BCUT2D eigenvalue weighted by Crippen LogP contribution is -2.58. The molecular formula is C20H37N5O8. The van der Waals surface area contributed by atoms with Crippen molar-refractivity contribution in [3.8, 4) is 0 Å². The predicted molar refractivity (Wildman–Crippen MR) is 118 cm³/mol. The van der Waals surface area contributed by atoms with E-state index in [1.807, 2.05) is 13.8 Å². The van der Waals surface area contributed by atoms with E-state index in [-0.39, 0.29) is 18.8 Å². The van der Waals surface area contributed by atoms with E-state index in [1.54, 1.807) is 0 Å². The third kappa shape index (κ3) is 12.7. The molecule has 0 aromatic rings. The molecule has 3 amide bonds. The van der Waals surface area contributed by atoms with Crippen molar-refractivity contribution in [2.45, 2.75) is 76.5 Å². The molecule has 190 valence electrons. The second-order valence-corrected chi connectivity index (χ2v) is 8.16. The highest BCUT2D eigenvalue weighted by Crippen LogP contribution is 2.06. The van der Waals surface area contributed by atoms with Crippen molar-refractivity contribution in [2.24, 2.45) is 17.4 Å². The molecule has 4 atom stereocenters. The number of amides is 3. The van der Waals surface area contributed by atoms with Crippen molar-refractivity contribution in [3.63, 3.8) is 0 Å². The largest absolute Gasteiger partial charge is 0.481 e. The first-order chi connectivity index (χ1) is 15.4. The Kier molecular flexibility index (Phi) is 14.6. The highest BCUT2D eigenvalue weighted by atomic mass is 16.4. The highest BCUT2D eigenvalue weighted by molar-refractivity contribution is 5.94. The maximum absolute atomic E-state index is 12.6. The fraction of sp³-hybridized carbons (Fsp3) is 0.750. The number of nitrogens with one attached hydrogen (secondary N) is 3. The molecule has 0 bridgehead atoms. The number of hydrogen-bond acceptors (Lipinski definition) is 8. The fourth-order valence-electron chi connectivity index (χ4n) is 2.92. The molecule has 0 saturated carbocycles. The summed E-state index contributed by atoms with van der Waals surface area (Å²) in [4.78, 5) is 59.7. The number of carbonyl (C=O) groups is 5. The van der Waals surface area contributed by atoms with Crippen LogP contribution in [0.15, 0.2) is 0 Å². The number of hydrogen-bond donors (Lipinski definition) is 8. The van der Waals surface area contributed by atoms with Crippen molar-refractivity contribution in [2.75, 3.05) is 13.2 Å². The lowest BCUT2D eigenvalue weighted by molar-refractivity contribution is -0.143. The van der Waals surface area contributed by atoms with Crippen molar-refractivity contribution in [3.05, 3.63) is 0 Å². The van der Waals surface area contributed by atoms with Crippen molar-refractivity contribution < 1.29 is 39.3 Å². The van der Waals surface area contributed by atoms with Gasteiger partial charge in [0.15, 0.2) is 0 Å². The van der Waals surface area contributed by atoms with Crippen molar-refractivity contribution in [1.82, 2.24) is 16.0 Å². The average Bonchev–Trinajstić information content (AvgIpc) is 2.72. The normalized spacial score (nSPS) is 14.6. The van der Waals surface area contributed by atoms with Gasteiger partial charge in [-0.2, -0.15) is 0 Å². The van der Waals surface area contributed by atoms with E-state index in [2.05, 4.69) is 16.0 Å². The molecule has 13 nitrogen and oxygen atoms in total. The topological polar surface area (TPSA) is 234 Å². The Hall–Kier alpha value is -2.77. The molecule has 13 heteroatoms. The summed E-state index contributed by atoms with van der Waals surface area (Å²) in [5.41, 5.74) is 11.2. The minimum absolute atomic E-state index is 0.0981. The minimum atomic E-state index is -1.43. The summed E-state index contributed by atoms with van der Waals surface area (Å²) in [6, 6.07) is -5.01. The van der Waals surface area contributed by atoms with Gasteiger partial charge in [0.05, 0.1) is 12.6 Å². The quantitative estimate of drug-likeness (QED) is 0.106. The third-order valence-corrected chi connectivity index (χ3v) is 4.72. The van der Waals surface area contributed by atoms with Crippen LogP contribution in [0.2, 0.25) is 0 Å². The molecule has 0 rings (SSSR count). The smallest absolute Gasteiger partial charge is 0.326 e. The van der Waals surface area contributed by atoms with Crippen molar-refractivity contribution in [1.29, 1.82) is 0 Å². The highest BCUT2D eigenvalue weighted by Gasteiger charge is 2.30. The summed E-state index contributed by atoms with van der Waals surface area (Å²) in [5.74, 6) is -4.92. The zero-order valence-electron chi connectivity index (χ0n) is 19.1. The lowest BCUT2D eigenvalue weighted by atomic mass is 10.0. The van der Waals surface area contributed by atoms with Crippen LogP contribution in [0, 0.1) is 5.92 Å². The van der Waals surface area contributed by atoms with Crippen LogP contribution >= 0.6 is 0 Å². The molecule has 0 aliphatic rings. The van der Waals surface area contributed by atoms with Gasteiger partial charge >= 0.3 is 11.9 Å². The van der Waals surface area contributed by atoms with Gasteiger partial charge in [-0.15, -0.1) is 0 Å². The molecule has 10 N–H and O–H groups in total. The Balaban J connectivity index is 5.29. The summed E-state index contributed by atoms with van der Waals surface area (Å²) in [6.07, 6.45) is 0.613. The van der Waals surface area contributed by atoms with Gasteiger partial charge in [0.25, 0.3) is 0 Å². The minimum Gasteiger partial charge on any atom is -0.481 e. The van der Waals surface area contributed by atoms with Gasteiger partial charge in [0.1, 0.15) is 18.1 Å². The number of nitrogens with two attached hydrogens (primary N) is 2. The van der Waals surface area contributed by atoms with Crippen LogP contribution in [0.3, 0.4) is 0 Å². The summed E-state index contributed by atoms with van der Waals surface area (Å²) in [7, 11) is 0. The number of aliphatic hydroxyl groups excluding tert-OH is 1. The number of carbonyl (C=O) groups excluding carboxylic acids is 3. The van der Waals surface area contributed by atoms with E-state index < -0.39 is 66.9 Å². The molecule has 0 aliphatic heterocycles. The number of unbranched alkanes of at least 4 members (excludes halogenated alkanes) is 1. The van der Waals surface area contributed by atoms with Crippen LogP contribution in [0.1, 0.15) is 52.4 Å². The molecular weight excluding hydrogens is 438 g/mol. The standard InChI is InChI=1S/C20H37N5O8/c1-11(2)9-12(22)17(29)25-15(10-26)19(31)23-13(6-7-16(27)28)18(30)24-14(20(32)33)5-3-4-8-21/h11-15,26H,3-10,21-22H2,1-2H3,(H,23,31)(H,24,30)(H,25,29)(H,27,28)(H,32,33)/t12-,13-,14-,15-/m0/s1. The molecule has 0 aromatic heterocycles. The molecule has 0 saturated heterocycles. The van der Waals surface area contributed by atoms with Crippen LogP contribution in [0.5, 0.6) is 0 Å². The Bertz CT molecular complexity index is 673. The SMILES string of the molecule is CC(C)C[C@H](N)C(=O)N[C@@H](CO)C(=O)N[C@@H](CCC(=O)O)C(=O)N[C@@H](CCCCN)C(=O)O. The molecule has 0 aromatic carbocycles. The predicted octanol–water partition coefficient (Wildman–Crippen LogP) is -2.12. The molecule has 0 heterocycles. The van der Waals surface area contributed by atoms with Crippen LogP contribution in [0.25, 0.3) is 0 Å². The van der Waals surface area contributed by atoms with E-state index >= 15 is 0 Å². The van der Waals surface area contributed by atoms with E-state index in [9.17, 15) is 34.2 Å². The van der Waals surface area contributed by atoms with Gasteiger partial charge in [-0.05, 0) is 44.6 Å². The summed E-state index contributed by atoms with van der Waals surface area (Å²) < 4.78 is 0. The summed E-state index contributed by atoms with van der Waals surface area (Å²) in [5, 5.41) is 34.6. The third-order valence-electron chi connectivity index (χ3n) is 4.72. The molecule has 33 heavy (non-hydrogen) atoms. The van der Waals surface area contributed by atoms with Gasteiger partial charge in [0.2, 0.25) is 17.7 Å². The first-order valence-corrected chi connectivity index (χ1v) is 10.8. The number of aliphatic hydroxyl groups is 1. The fourth-order valence-corrected chi connectivity index (χ4v) is 2.92. The molecule has 0 spiro atoms. The average molecular weight is 476 g/mol. The number of aliphatic carboxylic acids is 2. The van der Waals surface area contributed by atoms with E-state index in [1.165, 1.54) is 0 Å². The van der Waals surface area contributed by atoms with E-state index in [0.717, 1.165) is 0 Å². The molecule has 0 unspecified atom stereocenters. The van der Waals surface area contributed by atoms with Crippen LogP contribution in [0.4, 0.5) is 0 Å². The zero-order chi connectivity index (χ0) is 25.6. The van der Waals surface area contributed by atoms with Gasteiger partial charge < -0.3 is 42.7 Å². The van der Waals surface area contributed by atoms with Gasteiger partial charge in [0, 0.05) is 6.42 Å². The van der Waals surface area contributed by atoms with Crippen molar-refractivity contribution >= 4 is 29.7 Å². The Morgan fingerprint density at radius 1 is 0.818 bits per heavy atom. The van der Waals surface area contributed by atoms with Crippen LogP contribution in [-0.2, 0) is 24.0 Å². The summed E-state index contributed by atoms with van der Waals surface area (Å²) >= 11 is 0. The van der Waals surface area contributed by atoms with Crippen LogP contribution in [-0.4, -0.2) is 82.3 Å². The van der Waals surface area contributed by atoms with E-state index in [0.29, 0.717) is 25.8 Å². The van der Waals surface area contributed by atoms with Gasteiger partial charge in [-0.25, -0.2) is 4.79 Å². The van der Waals surface area contributed by atoms with E-state index in [4.69, 9.17) is 16.6 Å². The molecule has 0 radical (unpaired) electrons. The number of carboxylic acids is 2. The number of carboxylic acid groups (broad SMARTS) is 2. The summed E-state index contributed by atoms with van der Waals surface area (Å²) in [6.45, 7) is 3.27. The number of rotatable bonds is 17. The Labute approximate surface area is 192 Å². The monoisotopic (exact) mass is 475 g/mol. The Morgan fingerprint density at radius 2 is 1.36 bits per heavy atom. The van der Waals surface area contributed by atoms with Gasteiger partial charge in [-0.1, -0.05) is 13.8 Å². The first kappa shape index (κ1) is 30.2. The van der Waals surface area contributed by atoms with Gasteiger partial charge in [-0.3, -0.25) is 19.2 Å². The molecule has 0 fully saturated rings. The first-order valence-electron chi connectivity index (χ1n) is 10.8. The molecule has 0 aliphatic carbocycles. The maximum atomic E-state index is 12.6.